The molecule has 7 nitrogen and oxygen atoms in total. The van der Waals surface area contributed by atoms with Crippen LogP contribution in [-0.2, 0) is 22.6 Å². The van der Waals surface area contributed by atoms with E-state index < -0.39 is 5.97 Å². The van der Waals surface area contributed by atoms with Crippen LogP contribution in [-0.4, -0.2) is 34.0 Å². The smallest absolute Gasteiger partial charge is 0.343 e. The molecule has 0 aliphatic heterocycles. The molecule has 0 fully saturated rings. The number of nitrogens with one attached hydrogen (secondary N) is 1. The lowest BCUT2D eigenvalue weighted by molar-refractivity contribution is -0.119. The van der Waals surface area contributed by atoms with Crippen LogP contribution >= 0.6 is 11.6 Å². The summed E-state index contributed by atoms with van der Waals surface area (Å²) in [5.41, 5.74) is 1.95. The standard InChI is InChI=1S/C20H24ClN3O4/c1-4-5-10-24-19(21)18(13(2)23-24)20(27)28-12-17(26)16-8-6-15(7-9-16)11-22-14(3)25/h6-9H,4-5,10-12H2,1-3H3,(H,22,25). The first-order chi connectivity index (χ1) is 13.3. The Kier molecular flexibility index (Phi) is 7.75. The van der Waals surface area contributed by atoms with E-state index in [4.69, 9.17) is 16.3 Å². The van der Waals surface area contributed by atoms with Crippen molar-refractivity contribution in [2.24, 2.45) is 0 Å². The zero-order chi connectivity index (χ0) is 20.7. The number of hydrogen-bond acceptors (Lipinski definition) is 5. The average Bonchev–Trinajstić information content (AvgIpc) is 2.96. The third-order valence-corrected chi connectivity index (χ3v) is 4.53. The Balaban J connectivity index is 1.96. The first kappa shape index (κ1) is 21.6. The molecule has 28 heavy (non-hydrogen) atoms. The van der Waals surface area contributed by atoms with Crippen LogP contribution in [0.15, 0.2) is 24.3 Å². The molecule has 0 saturated heterocycles. The summed E-state index contributed by atoms with van der Waals surface area (Å²) in [4.78, 5) is 35.6. The van der Waals surface area contributed by atoms with Gasteiger partial charge in [-0.15, -0.1) is 0 Å². The van der Waals surface area contributed by atoms with E-state index in [-0.39, 0.29) is 29.0 Å². The van der Waals surface area contributed by atoms with Gasteiger partial charge in [0.2, 0.25) is 5.91 Å². The molecule has 0 atom stereocenters. The number of Topliss-reactive ketones (excluding diaryl/α,β-unsaturated/α-hetero) is 1. The van der Waals surface area contributed by atoms with Crippen LogP contribution in [0.2, 0.25) is 5.15 Å². The van der Waals surface area contributed by atoms with E-state index >= 15 is 0 Å². The van der Waals surface area contributed by atoms with Crippen molar-refractivity contribution < 1.29 is 19.1 Å². The predicted molar refractivity (Wildman–Crippen MR) is 105 cm³/mol. The van der Waals surface area contributed by atoms with E-state index in [0.29, 0.717) is 24.3 Å². The minimum absolute atomic E-state index is 0.126. The molecule has 0 spiro atoms. The fourth-order valence-corrected chi connectivity index (χ4v) is 2.90. The Morgan fingerprint density at radius 3 is 2.50 bits per heavy atom. The van der Waals surface area contributed by atoms with Crippen molar-refractivity contribution in [1.29, 1.82) is 0 Å². The van der Waals surface area contributed by atoms with Gasteiger partial charge in [0.25, 0.3) is 0 Å². The highest BCUT2D eigenvalue weighted by Crippen LogP contribution is 2.21. The average molecular weight is 406 g/mol. The highest BCUT2D eigenvalue weighted by Gasteiger charge is 2.22. The Morgan fingerprint density at radius 2 is 1.89 bits per heavy atom. The largest absolute Gasteiger partial charge is 0.454 e. The van der Waals surface area contributed by atoms with Crippen molar-refractivity contribution in [3.8, 4) is 0 Å². The molecule has 2 rings (SSSR count). The number of rotatable bonds is 9. The number of ketones is 1. The van der Waals surface area contributed by atoms with Crippen LogP contribution in [0.25, 0.3) is 0 Å². The lowest BCUT2D eigenvalue weighted by Gasteiger charge is -2.06. The summed E-state index contributed by atoms with van der Waals surface area (Å²) in [7, 11) is 0. The molecule has 1 aromatic heterocycles. The summed E-state index contributed by atoms with van der Waals surface area (Å²) in [6.07, 6.45) is 1.87. The maximum absolute atomic E-state index is 12.4. The third-order valence-electron chi connectivity index (χ3n) is 4.14. The minimum atomic E-state index is -0.666. The van der Waals surface area contributed by atoms with Gasteiger partial charge >= 0.3 is 5.97 Å². The summed E-state index contributed by atoms with van der Waals surface area (Å²) >= 11 is 6.25. The number of benzene rings is 1. The molecule has 2 aromatic rings. The number of amides is 1. The van der Waals surface area contributed by atoms with Gasteiger partial charge < -0.3 is 10.1 Å². The van der Waals surface area contributed by atoms with Crippen molar-refractivity contribution in [3.63, 3.8) is 0 Å². The number of ether oxygens (including phenoxy) is 1. The predicted octanol–water partition coefficient (Wildman–Crippen LogP) is 3.32. The van der Waals surface area contributed by atoms with E-state index in [0.717, 1.165) is 18.4 Å². The van der Waals surface area contributed by atoms with Crippen LogP contribution in [0.4, 0.5) is 0 Å². The molecule has 1 amide bonds. The van der Waals surface area contributed by atoms with Crippen molar-refractivity contribution in [2.75, 3.05) is 6.61 Å². The summed E-state index contributed by atoms with van der Waals surface area (Å²) in [5, 5.41) is 7.17. The molecule has 1 heterocycles. The number of carbonyl (C=O) groups is 3. The van der Waals surface area contributed by atoms with Crippen molar-refractivity contribution >= 4 is 29.3 Å². The number of esters is 1. The van der Waals surface area contributed by atoms with Crippen molar-refractivity contribution in [2.45, 2.75) is 46.7 Å². The minimum Gasteiger partial charge on any atom is -0.454 e. The molecule has 1 aromatic carbocycles. The summed E-state index contributed by atoms with van der Waals surface area (Å²) in [6, 6.07) is 6.75. The number of hydrogen-bond donors (Lipinski definition) is 1. The van der Waals surface area contributed by atoms with Gasteiger partial charge in [-0.05, 0) is 18.9 Å². The lowest BCUT2D eigenvalue weighted by Crippen LogP contribution is -2.19. The van der Waals surface area contributed by atoms with Crippen molar-refractivity contribution in [1.82, 2.24) is 15.1 Å². The second-order valence-electron chi connectivity index (χ2n) is 6.43. The molecule has 1 N–H and O–H groups in total. The maximum Gasteiger partial charge on any atom is 0.343 e. The molecule has 0 bridgehead atoms. The van der Waals surface area contributed by atoms with Crippen LogP contribution in [0, 0.1) is 6.92 Å². The van der Waals surface area contributed by atoms with Crippen LogP contribution < -0.4 is 5.32 Å². The first-order valence-corrected chi connectivity index (χ1v) is 9.47. The highest BCUT2D eigenvalue weighted by molar-refractivity contribution is 6.32. The van der Waals surface area contributed by atoms with E-state index in [2.05, 4.69) is 17.3 Å². The van der Waals surface area contributed by atoms with Gasteiger partial charge in [0.05, 0.1) is 5.69 Å². The number of nitrogens with zero attached hydrogens (tertiary/aromatic N) is 2. The second-order valence-corrected chi connectivity index (χ2v) is 6.79. The number of aryl methyl sites for hydroxylation is 2. The Hall–Kier alpha value is -2.67. The Labute approximate surface area is 169 Å². The number of aromatic nitrogens is 2. The normalized spacial score (nSPS) is 10.6. The van der Waals surface area contributed by atoms with Gasteiger partial charge in [0.15, 0.2) is 12.4 Å². The van der Waals surface area contributed by atoms with E-state index in [9.17, 15) is 14.4 Å². The van der Waals surface area contributed by atoms with Gasteiger partial charge in [-0.1, -0.05) is 49.2 Å². The molecular formula is C20H24ClN3O4. The lowest BCUT2D eigenvalue weighted by atomic mass is 10.1. The topological polar surface area (TPSA) is 90.3 Å². The Morgan fingerprint density at radius 1 is 1.21 bits per heavy atom. The maximum atomic E-state index is 12.4. The molecule has 0 radical (unpaired) electrons. The molecule has 0 aliphatic carbocycles. The monoisotopic (exact) mass is 405 g/mol. The van der Waals surface area contributed by atoms with Gasteiger partial charge in [-0.2, -0.15) is 5.10 Å². The molecule has 8 heteroatoms. The summed E-state index contributed by atoms with van der Waals surface area (Å²) < 4.78 is 6.73. The number of carbonyl (C=O) groups excluding carboxylic acids is 3. The molecule has 0 unspecified atom stereocenters. The second kappa shape index (κ2) is 10.0. The van der Waals surface area contributed by atoms with Gasteiger partial charge in [0.1, 0.15) is 10.7 Å². The van der Waals surface area contributed by atoms with E-state index in [1.807, 2.05) is 0 Å². The van der Waals surface area contributed by atoms with Gasteiger partial charge in [-0.25, -0.2) is 4.79 Å². The van der Waals surface area contributed by atoms with Crippen molar-refractivity contribution in [3.05, 3.63) is 51.8 Å². The van der Waals surface area contributed by atoms with E-state index in [1.165, 1.54) is 6.92 Å². The van der Waals surface area contributed by atoms with Gasteiger partial charge in [-0.3, -0.25) is 14.3 Å². The first-order valence-electron chi connectivity index (χ1n) is 9.10. The van der Waals surface area contributed by atoms with E-state index in [1.54, 1.807) is 35.9 Å². The Bertz CT molecular complexity index is 859. The molecular weight excluding hydrogens is 382 g/mol. The number of halogens is 1. The molecule has 150 valence electrons. The SMILES string of the molecule is CCCCn1nc(C)c(C(=O)OCC(=O)c2ccc(CNC(C)=O)cc2)c1Cl. The third kappa shape index (κ3) is 5.66. The zero-order valence-electron chi connectivity index (χ0n) is 16.3. The zero-order valence-corrected chi connectivity index (χ0v) is 17.0. The quantitative estimate of drug-likeness (QED) is 0.510. The molecule has 0 saturated carbocycles. The fraction of sp³-hybridized carbons (Fsp3) is 0.400. The number of unbranched alkanes of at least 4 members (excludes halogenated alkanes) is 1. The van der Waals surface area contributed by atoms with Gasteiger partial charge in [0, 0.05) is 25.6 Å². The van der Waals surface area contributed by atoms with Crippen LogP contribution in [0.3, 0.4) is 0 Å². The summed E-state index contributed by atoms with van der Waals surface area (Å²) in [6.45, 7) is 5.79. The van der Waals surface area contributed by atoms with Crippen LogP contribution in [0.1, 0.15) is 58.7 Å². The fourth-order valence-electron chi connectivity index (χ4n) is 2.56. The summed E-state index contributed by atoms with van der Waals surface area (Å²) in [5.74, 6) is -1.12. The molecule has 0 aliphatic rings. The van der Waals surface area contributed by atoms with Crippen LogP contribution in [0.5, 0.6) is 0 Å². The highest BCUT2D eigenvalue weighted by atomic mass is 35.5.